The molecule has 1 atom stereocenters. The van der Waals surface area contributed by atoms with Crippen LogP contribution in [0.15, 0.2) is 24.3 Å². The van der Waals surface area contributed by atoms with Crippen molar-refractivity contribution in [2.75, 3.05) is 27.3 Å². The highest BCUT2D eigenvalue weighted by molar-refractivity contribution is 6.30. The van der Waals surface area contributed by atoms with Gasteiger partial charge in [0.2, 0.25) is 0 Å². The molecule has 0 saturated carbocycles. The number of nitrogens with two attached hydrogens (primary N) is 1. The van der Waals surface area contributed by atoms with Gasteiger partial charge in [-0.05, 0) is 37.6 Å². The van der Waals surface area contributed by atoms with E-state index in [1.165, 1.54) is 5.56 Å². The smallest absolute Gasteiger partial charge is 0.0462 e. The number of nitrogens with zero attached hydrogens (tertiary/aromatic N) is 1. The van der Waals surface area contributed by atoms with Crippen LogP contribution < -0.4 is 5.73 Å². The van der Waals surface area contributed by atoms with E-state index in [1.54, 1.807) is 7.11 Å². The van der Waals surface area contributed by atoms with Crippen LogP contribution in [0.2, 0.25) is 5.02 Å². The van der Waals surface area contributed by atoms with Crippen LogP contribution in [0.5, 0.6) is 0 Å². The van der Waals surface area contributed by atoms with Crippen molar-refractivity contribution in [3.63, 3.8) is 0 Å². The highest BCUT2D eigenvalue weighted by Gasteiger charge is 2.07. The van der Waals surface area contributed by atoms with Gasteiger partial charge in [-0.1, -0.05) is 23.7 Å². The van der Waals surface area contributed by atoms with Crippen molar-refractivity contribution >= 4 is 11.6 Å². The summed E-state index contributed by atoms with van der Waals surface area (Å²) in [6.07, 6.45) is 2.01. The van der Waals surface area contributed by atoms with Gasteiger partial charge in [-0.3, -0.25) is 0 Å². The molecule has 18 heavy (non-hydrogen) atoms. The minimum atomic E-state index is 0.198. The summed E-state index contributed by atoms with van der Waals surface area (Å²) in [6.45, 7) is 2.54. The van der Waals surface area contributed by atoms with Crippen molar-refractivity contribution in [1.29, 1.82) is 0 Å². The Morgan fingerprint density at radius 1 is 1.44 bits per heavy atom. The number of hydrogen-bond donors (Lipinski definition) is 1. The summed E-state index contributed by atoms with van der Waals surface area (Å²) < 4.78 is 5.02. The lowest BCUT2D eigenvalue weighted by molar-refractivity contribution is 0.187. The molecule has 0 aliphatic carbocycles. The van der Waals surface area contributed by atoms with E-state index >= 15 is 0 Å². The third-order valence-corrected chi connectivity index (χ3v) is 3.05. The molecule has 0 aromatic heterocycles. The van der Waals surface area contributed by atoms with Crippen LogP contribution in [0.25, 0.3) is 0 Å². The summed E-state index contributed by atoms with van der Waals surface area (Å²) in [6, 6.07) is 8.14. The third-order valence-electron chi connectivity index (χ3n) is 2.81. The van der Waals surface area contributed by atoms with E-state index < -0.39 is 0 Å². The number of benzene rings is 1. The Bertz CT molecular complexity index is 346. The monoisotopic (exact) mass is 270 g/mol. The number of rotatable bonds is 8. The predicted octanol–water partition coefficient (Wildman–Crippen LogP) is 2.53. The lowest BCUT2D eigenvalue weighted by atomic mass is 10.1. The minimum Gasteiger partial charge on any atom is -0.385 e. The summed E-state index contributed by atoms with van der Waals surface area (Å²) in [5.41, 5.74) is 7.29. The van der Waals surface area contributed by atoms with Gasteiger partial charge in [-0.15, -0.1) is 0 Å². The Morgan fingerprint density at radius 3 is 2.89 bits per heavy atom. The zero-order valence-corrected chi connectivity index (χ0v) is 12.0. The summed E-state index contributed by atoms with van der Waals surface area (Å²) >= 11 is 5.96. The maximum Gasteiger partial charge on any atom is 0.0462 e. The first-order valence-electron chi connectivity index (χ1n) is 6.29. The van der Waals surface area contributed by atoms with Crippen LogP contribution in [0.1, 0.15) is 18.4 Å². The number of likely N-dealkylation sites (N-methyl/N-ethyl adjacent to an activating group) is 1. The second-order valence-corrected chi connectivity index (χ2v) is 5.16. The Labute approximate surface area is 115 Å². The van der Waals surface area contributed by atoms with Crippen molar-refractivity contribution in [2.24, 2.45) is 5.73 Å². The van der Waals surface area contributed by atoms with Gasteiger partial charge in [0, 0.05) is 37.9 Å². The molecule has 2 N–H and O–H groups in total. The summed E-state index contributed by atoms with van der Waals surface area (Å²) in [5, 5.41) is 0.783. The van der Waals surface area contributed by atoms with Crippen LogP contribution in [0.3, 0.4) is 0 Å². The van der Waals surface area contributed by atoms with Crippen molar-refractivity contribution in [2.45, 2.75) is 25.4 Å². The fraction of sp³-hybridized carbons (Fsp3) is 0.571. The van der Waals surface area contributed by atoms with Crippen LogP contribution in [0.4, 0.5) is 0 Å². The van der Waals surface area contributed by atoms with Crippen LogP contribution in [0, 0.1) is 0 Å². The number of hydrogen-bond acceptors (Lipinski definition) is 3. The normalized spacial score (nSPS) is 12.9. The molecule has 0 amide bonds. The Hall–Kier alpha value is -0.610. The standard InChI is InChI=1S/C14H23ClN2O/c1-17(11-14(16)7-4-8-18-2)10-12-5-3-6-13(15)9-12/h3,5-6,9,14H,4,7-8,10-11,16H2,1-2H3. The maximum absolute atomic E-state index is 6.08. The second-order valence-electron chi connectivity index (χ2n) is 4.72. The number of methoxy groups -OCH3 is 1. The average molecular weight is 271 g/mol. The average Bonchev–Trinajstić information content (AvgIpc) is 2.29. The number of halogens is 1. The molecule has 0 radical (unpaired) electrons. The van der Waals surface area contributed by atoms with E-state index in [1.807, 2.05) is 18.2 Å². The minimum absolute atomic E-state index is 0.198. The SMILES string of the molecule is COCCCC(N)CN(C)Cc1cccc(Cl)c1. The van der Waals surface area contributed by atoms with E-state index in [9.17, 15) is 0 Å². The van der Waals surface area contributed by atoms with E-state index in [-0.39, 0.29) is 6.04 Å². The lowest BCUT2D eigenvalue weighted by Crippen LogP contribution is -2.35. The summed E-state index contributed by atoms with van der Waals surface area (Å²) in [7, 11) is 3.80. The Kier molecular flexibility index (Phi) is 7.28. The highest BCUT2D eigenvalue weighted by Crippen LogP contribution is 2.12. The van der Waals surface area contributed by atoms with Gasteiger partial charge in [-0.25, -0.2) is 0 Å². The van der Waals surface area contributed by atoms with Gasteiger partial charge in [-0.2, -0.15) is 0 Å². The summed E-state index contributed by atoms with van der Waals surface area (Å²) in [4.78, 5) is 2.23. The zero-order valence-electron chi connectivity index (χ0n) is 11.2. The quantitative estimate of drug-likeness (QED) is 0.738. The fourth-order valence-electron chi connectivity index (χ4n) is 1.99. The molecule has 0 aliphatic heterocycles. The van der Waals surface area contributed by atoms with Gasteiger partial charge in [0.1, 0.15) is 0 Å². The first-order chi connectivity index (χ1) is 8.61. The lowest BCUT2D eigenvalue weighted by Gasteiger charge is -2.21. The maximum atomic E-state index is 6.08. The van der Waals surface area contributed by atoms with Crippen molar-refractivity contribution in [3.8, 4) is 0 Å². The van der Waals surface area contributed by atoms with Crippen LogP contribution >= 0.6 is 11.6 Å². The molecule has 0 aliphatic rings. The van der Waals surface area contributed by atoms with E-state index in [4.69, 9.17) is 22.1 Å². The van der Waals surface area contributed by atoms with E-state index in [0.29, 0.717) is 0 Å². The molecule has 0 saturated heterocycles. The Morgan fingerprint density at radius 2 is 2.22 bits per heavy atom. The van der Waals surface area contributed by atoms with Crippen molar-refractivity contribution in [1.82, 2.24) is 4.90 Å². The largest absolute Gasteiger partial charge is 0.385 e. The molecule has 0 spiro atoms. The van der Waals surface area contributed by atoms with Gasteiger partial charge >= 0.3 is 0 Å². The van der Waals surface area contributed by atoms with E-state index in [2.05, 4.69) is 18.0 Å². The van der Waals surface area contributed by atoms with E-state index in [0.717, 1.165) is 37.6 Å². The van der Waals surface area contributed by atoms with Gasteiger partial charge in [0.15, 0.2) is 0 Å². The molecule has 1 aromatic carbocycles. The summed E-state index contributed by atoms with van der Waals surface area (Å²) in [5.74, 6) is 0. The Balaban J connectivity index is 2.30. The molecule has 3 nitrogen and oxygen atoms in total. The van der Waals surface area contributed by atoms with Gasteiger partial charge < -0.3 is 15.4 Å². The van der Waals surface area contributed by atoms with Crippen LogP contribution in [-0.4, -0.2) is 38.3 Å². The number of ether oxygens (including phenoxy) is 1. The molecular formula is C14H23ClN2O. The molecule has 1 rings (SSSR count). The van der Waals surface area contributed by atoms with Crippen molar-refractivity contribution in [3.05, 3.63) is 34.9 Å². The topological polar surface area (TPSA) is 38.5 Å². The van der Waals surface area contributed by atoms with Crippen LogP contribution in [-0.2, 0) is 11.3 Å². The van der Waals surface area contributed by atoms with Gasteiger partial charge in [0.25, 0.3) is 0 Å². The molecule has 0 bridgehead atoms. The molecule has 1 unspecified atom stereocenters. The molecule has 0 heterocycles. The first-order valence-corrected chi connectivity index (χ1v) is 6.67. The molecule has 1 aromatic rings. The molecular weight excluding hydrogens is 248 g/mol. The van der Waals surface area contributed by atoms with Crippen molar-refractivity contribution < 1.29 is 4.74 Å². The second kappa shape index (κ2) is 8.48. The first kappa shape index (κ1) is 15.4. The molecule has 102 valence electrons. The third kappa shape index (κ3) is 6.36. The molecule has 0 fully saturated rings. The molecule has 4 heteroatoms. The predicted molar refractivity (Wildman–Crippen MR) is 76.9 cm³/mol. The highest BCUT2D eigenvalue weighted by atomic mass is 35.5. The zero-order chi connectivity index (χ0) is 13.4. The fourth-order valence-corrected chi connectivity index (χ4v) is 2.21. The van der Waals surface area contributed by atoms with Gasteiger partial charge in [0.05, 0.1) is 0 Å².